The first kappa shape index (κ1) is 16.5. The zero-order chi connectivity index (χ0) is 17.3. The van der Waals surface area contributed by atoms with E-state index in [4.69, 9.17) is 11.6 Å². The van der Waals surface area contributed by atoms with Crippen LogP contribution in [0, 0.1) is 13.8 Å². The molecular formula is C15H15ClN6OS. The average Bonchev–Trinajstić information content (AvgIpc) is 3.16. The van der Waals surface area contributed by atoms with Crippen LogP contribution in [-0.4, -0.2) is 31.1 Å². The summed E-state index contributed by atoms with van der Waals surface area (Å²) in [5.41, 5.74) is 2.63. The van der Waals surface area contributed by atoms with Crippen LogP contribution in [0.4, 0.5) is 5.13 Å². The predicted octanol–water partition coefficient (Wildman–Crippen LogP) is 3.20. The van der Waals surface area contributed by atoms with Crippen LogP contribution in [0.25, 0.3) is 5.69 Å². The zero-order valence-corrected chi connectivity index (χ0v) is 14.9. The monoisotopic (exact) mass is 362 g/mol. The van der Waals surface area contributed by atoms with Crippen molar-refractivity contribution < 1.29 is 4.79 Å². The molecule has 0 saturated carbocycles. The molecular weight excluding hydrogens is 348 g/mol. The molecule has 0 radical (unpaired) electrons. The van der Waals surface area contributed by atoms with Crippen molar-refractivity contribution in [3.05, 3.63) is 45.2 Å². The lowest BCUT2D eigenvalue weighted by molar-refractivity contribution is 0.102. The van der Waals surface area contributed by atoms with Gasteiger partial charge in [-0.1, -0.05) is 41.1 Å². The lowest BCUT2D eigenvalue weighted by Gasteiger charge is -2.07. The molecule has 3 rings (SSSR count). The minimum atomic E-state index is -0.364. The fourth-order valence-electron chi connectivity index (χ4n) is 2.18. The Morgan fingerprint density at radius 1 is 1.29 bits per heavy atom. The number of halogens is 1. The highest BCUT2D eigenvalue weighted by Gasteiger charge is 2.19. The maximum Gasteiger partial charge on any atom is 0.279 e. The number of carbonyl (C=O) groups excluding carboxylic acids is 1. The molecule has 1 amide bonds. The van der Waals surface area contributed by atoms with Crippen molar-refractivity contribution in [1.82, 2.24) is 25.2 Å². The van der Waals surface area contributed by atoms with E-state index in [2.05, 4.69) is 25.8 Å². The Morgan fingerprint density at radius 2 is 2.08 bits per heavy atom. The summed E-state index contributed by atoms with van der Waals surface area (Å²) in [5, 5.41) is 20.6. The molecule has 9 heteroatoms. The SMILES string of the molecule is CCc1nnc(NC(=O)c2nnn(-c3cc(Cl)ccc3C)c2C)s1. The van der Waals surface area contributed by atoms with Gasteiger partial charge in [0.15, 0.2) is 5.69 Å². The minimum absolute atomic E-state index is 0.239. The van der Waals surface area contributed by atoms with Gasteiger partial charge in [-0.2, -0.15) is 0 Å². The average molecular weight is 363 g/mol. The van der Waals surface area contributed by atoms with E-state index in [-0.39, 0.29) is 11.6 Å². The maximum absolute atomic E-state index is 12.4. The zero-order valence-electron chi connectivity index (χ0n) is 13.4. The van der Waals surface area contributed by atoms with Crippen molar-refractivity contribution >= 4 is 34.0 Å². The van der Waals surface area contributed by atoms with Gasteiger partial charge >= 0.3 is 0 Å². The number of hydrogen-bond donors (Lipinski definition) is 1. The lowest BCUT2D eigenvalue weighted by atomic mass is 10.2. The van der Waals surface area contributed by atoms with Gasteiger partial charge in [-0.15, -0.1) is 15.3 Å². The molecule has 0 saturated heterocycles. The Morgan fingerprint density at radius 3 is 2.79 bits per heavy atom. The number of anilines is 1. The van der Waals surface area contributed by atoms with Gasteiger partial charge in [0.25, 0.3) is 5.91 Å². The second-order valence-corrected chi connectivity index (χ2v) is 6.67. The number of aryl methyl sites for hydroxylation is 2. The van der Waals surface area contributed by atoms with Crippen LogP contribution in [0.1, 0.15) is 33.7 Å². The number of nitrogens with zero attached hydrogens (tertiary/aromatic N) is 5. The van der Waals surface area contributed by atoms with Crippen LogP contribution in [0.5, 0.6) is 0 Å². The number of nitrogens with one attached hydrogen (secondary N) is 1. The molecule has 7 nitrogen and oxygen atoms in total. The first-order chi connectivity index (χ1) is 11.5. The third-order valence-electron chi connectivity index (χ3n) is 3.50. The number of amides is 1. The van der Waals surface area contributed by atoms with Crippen molar-refractivity contribution in [1.29, 1.82) is 0 Å². The number of benzene rings is 1. The van der Waals surface area contributed by atoms with Crippen molar-refractivity contribution in [3.63, 3.8) is 0 Å². The summed E-state index contributed by atoms with van der Waals surface area (Å²) in [6.45, 7) is 5.71. The van der Waals surface area contributed by atoms with Crippen LogP contribution in [0.3, 0.4) is 0 Å². The molecule has 0 bridgehead atoms. The Labute approximate surface area is 147 Å². The summed E-state index contributed by atoms with van der Waals surface area (Å²) in [5.74, 6) is -0.364. The molecule has 2 heterocycles. The smallest absolute Gasteiger partial charge is 0.279 e. The van der Waals surface area contributed by atoms with Gasteiger partial charge < -0.3 is 0 Å². The molecule has 3 aromatic rings. The first-order valence-corrected chi connectivity index (χ1v) is 8.51. The summed E-state index contributed by atoms with van der Waals surface area (Å²) >= 11 is 7.40. The summed E-state index contributed by atoms with van der Waals surface area (Å²) in [4.78, 5) is 12.4. The minimum Gasteiger partial charge on any atom is -0.295 e. The molecule has 1 aromatic carbocycles. The molecule has 2 aromatic heterocycles. The van der Waals surface area contributed by atoms with E-state index in [0.29, 0.717) is 15.8 Å². The van der Waals surface area contributed by atoms with Crippen molar-refractivity contribution in [2.24, 2.45) is 0 Å². The van der Waals surface area contributed by atoms with Crippen LogP contribution in [0.15, 0.2) is 18.2 Å². The standard InChI is InChI=1S/C15H15ClN6OS/c1-4-12-18-20-15(24-12)17-14(23)13-9(3)22(21-19-13)11-7-10(16)6-5-8(11)2/h5-7H,4H2,1-3H3,(H,17,20,23). The molecule has 1 N–H and O–H groups in total. The highest BCUT2D eigenvalue weighted by atomic mass is 35.5. The molecule has 124 valence electrons. The van der Waals surface area contributed by atoms with Gasteiger partial charge in [-0.25, -0.2) is 4.68 Å². The highest BCUT2D eigenvalue weighted by molar-refractivity contribution is 7.15. The van der Waals surface area contributed by atoms with Crippen molar-refractivity contribution in [2.45, 2.75) is 27.2 Å². The Kier molecular flexibility index (Phi) is 4.59. The van der Waals surface area contributed by atoms with Crippen LogP contribution in [0.2, 0.25) is 5.02 Å². The molecule has 24 heavy (non-hydrogen) atoms. The number of aromatic nitrogens is 5. The third-order valence-corrected chi connectivity index (χ3v) is 4.72. The van der Waals surface area contributed by atoms with Gasteiger partial charge in [-0.05, 0) is 38.0 Å². The largest absolute Gasteiger partial charge is 0.295 e. The van der Waals surface area contributed by atoms with Gasteiger partial charge in [0.1, 0.15) is 5.01 Å². The quantitative estimate of drug-likeness (QED) is 0.770. The Bertz CT molecular complexity index is 903. The summed E-state index contributed by atoms with van der Waals surface area (Å²) in [6.07, 6.45) is 0.775. The highest BCUT2D eigenvalue weighted by Crippen LogP contribution is 2.22. The van der Waals surface area contributed by atoms with E-state index in [1.807, 2.05) is 19.9 Å². The second-order valence-electron chi connectivity index (χ2n) is 5.17. The number of rotatable bonds is 4. The van der Waals surface area contributed by atoms with Gasteiger partial charge in [0.05, 0.1) is 11.4 Å². The fraction of sp³-hybridized carbons (Fsp3) is 0.267. The first-order valence-electron chi connectivity index (χ1n) is 7.32. The lowest BCUT2D eigenvalue weighted by Crippen LogP contribution is -2.14. The molecule has 0 unspecified atom stereocenters. The normalized spacial score (nSPS) is 10.8. The van der Waals surface area contributed by atoms with Crippen LogP contribution in [-0.2, 0) is 6.42 Å². The van der Waals surface area contributed by atoms with E-state index in [9.17, 15) is 4.79 Å². The van der Waals surface area contributed by atoms with Crippen molar-refractivity contribution in [2.75, 3.05) is 5.32 Å². The molecule has 0 aliphatic carbocycles. The van der Waals surface area contributed by atoms with E-state index < -0.39 is 0 Å². The van der Waals surface area contributed by atoms with Crippen LogP contribution >= 0.6 is 22.9 Å². The molecule has 0 aliphatic rings. The fourth-order valence-corrected chi connectivity index (χ4v) is 3.02. The van der Waals surface area contributed by atoms with E-state index in [1.165, 1.54) is 11.3 Å². The third kappa shape index (κ3) is 3.15. The van der Waals surface area contributed by atoms with E-state index in [1.54, 1.807) is 23.7 Å². The Hall–Kier alpha value is -2.32. The topological polar surface area (TPSA) is 85.6 Å². The second kappa shape index (κ2) is 6.66. The summed E-state index contributed by atoms with van der Waals surface area (Å²) < 4.78 is 1.60. The number of carbonyl (C=O) groups is 1. The Balaban J connectivity index is 1.89. The maximum atomic E-state index is 12.4. The van der Waals surface area contributed by atoms with Gasteiger partial charge in [-0.3, -0.25) is 10.1 Å². The van der Waals surface area contributed by atoms with E-state index in [0.717, 1.165) is 22.7 Å². The molecule has 0 fully saturated rings. The molecule has 0 atom stereocenters. The summed E-state index contributed by atoms with van der Waals surface area (Å²) in [6, 6.07) is 5.49. The molecule has 0 spiro atoms. The van der Waals surface area contributed by atoms with Crippen LogP contribution < -0.4 is 5.32 Å². The molecule has 0 aliphatic heterocycles. The predicted molar refractivity (Wildman–Crippen MR) is 93.1 cm³/mol. The summed E-state index contributed by atoms with van der Waals surface area (Å²) in [7, 11) is 0. The van der Waals surface area contributed by atoms with Gasteiger partial charge in [0, 0.05) is 5.02 Å². The van der Waals surface area contributed by atoms with Gasteiger partial charge in [0.2, 0.25) is 5.13 Å². The van der Waals surface area contributed by atoms with E-state index >= 15 is 0 Å². The number of hydrogen-bond acceptors (Lipinski definition) is 6. The van der Waals surface area contributed by atoms with Crippen molar-refractivity contribution in [3.8, 4) is 5.69 Å².